The van der Waals surface area contributed by atoms with Gasteiger partial charge in [0.2, 0.25) is 0 Å². The lowest BCUT2D eigenvalue weighted by atomic mass is 10.1. The first-order valence-electron chi connectivity index (χ1n) is 7.98. The van der Waals surface area contributed by atoms with E-state index in [-0.39, 0.29) is 10.6 Å². The van der Waals surface area contributed by atoms with E-state index in [0.29, 0.717) is 18.8 Å². The summed E-state index contributed by atoms with van der Waals surface area (Å²) in [7, 11) is 0. The molecule has 0 spiro atoms. The summed E-state index contributed by atoms with van der Waals surface area (Å²) in [6, 6.07) is 0. The molecule has 4 rings (SSSR count). The number of H-pyrrole nitrogens is 1. The van der Waals surface area contributed by atoms with Gasteiger partial charge in [-0.25, -0.2) is 14.8 Å². The Morgan fingerprint density at radius 3 is 3.16 bits per heavy atom. The molecule has 0 bridgehead atoms. The van der Waals surface area contributed by atoms with Crippen LogP contribution in [0.25, 0.3) is 0 Å². The minimum absolute atomic E-state index is 0.156. The number of hydrogen-bond acceptors (Lipinski definition) is 7. The van der Waals surface area contributed by atoms with Crippen LogP contribution in [0.3, 0.4) is 0 Å². The van der Waals surface area contributed by atoms with E-state index in [4.69, 9.17) is 11.6 Å². The van der Waals surface area contributed by atoms with Gasteiger partial charge in [0.05, 0.1) is 41.9 Å². The number of hydrogen-bond donors (Lipinski definition) is 1. The number of aromatic nitrogens is 6. The van der Waals surface area contributed by atoms with Gasteiger partial charge in [0.15, 0.2) is 0 Å². The van der Waals surface area contributed by atoms with Crippen molar-refractivity contribution in [1.29, 1.82) is 0 Å². The largest absolute Gasteiger partial charge is 0.362 e. The third-order valence-corrected chi connectivity index (χ3v) is 5.57. The topological polar surface area (TPSA) is 92.6 Å². The number of thiazole rings is 1. The van der Waals surface area contributed by atoms with Crippen molar-refractivity contribution < 1.29 is 0 Å². The molecule has 1 aliphatic heterocycles. The molecule has 3 aromatic rings. The normalized spacial score (nSPS) is 13.9. The summed E-state index contributed by atoms with van der Waals surface area (Å²) >= 11 is 7.76. The zero-order valence-electron chi connectivity index (χ0n) is 13.6. The van der Waals surface area contributed by atoms with Crippen molar-refractivity contribution in [2.75, 3.05) is 11.4 Å². The van der Waals surface area contributed by atoms with Crippen LogP contribution < -0.4 is 10.5 Å². The third kappa shape index (κ3) is 2.93. The van der Waals surface area contributed by atoms with E-state index < -0.39 is 0 Å². The first-order chi connectivity index (χ1) is 12.2. The number of nitrogens with one attached hydrogen (secondary N) is 1. The predicted octanol–water partition coefficient (Wildman–Crippen LogP) is 1.64. The molecule has 25 heavy (non-hydrogen) atoms. The minimum atomic E-state index is -0.383. The molecular weight excluding hydrogens is 362 g/mol. The maximum Gasteiger partial charge on any atom is 0.285 e. The highest BCUT2D eigenvalue weighted by Gasteiger charge is 2.25. The fraction of sp³-hybridized carbons (Fsp3) is 0.400. The Kier molecular flexibility index (Phi) is 4.26. The number of aryl methyl sites for hydroxylation is 1. The Morgan fingerprint density at radius 2 is 2.32 bits per heavy atom. The van der Waals surface area contributed by atoms with E-state index in [0.717, 1.165) is 36.5 Å². The molecule has 10 heteroatoms. The molecule has 4 heterocycles. The zero-order valence-corrected chi connectivity index (χ0v) is 15.1. The summed E-state index contributed by atoms with van der Waals surface area (Å²) in [5.74, 6) is 0. The summed E-state index contributed by atoms with van der Waals surface area (Å²) in [5, 5.41) is 15.0. The number of nitrogens with zero attached hydrogens (tertiary/aromatic N) is 6. The van der Waals surface area contributed by atoms with E-state index in [9.17, 15) is 4.79 Å². The summed E-state index contributed by atoms with van der Waals surface area (Å²) in [6.07, 6.45) is 3.27. The lowest BCUT2D eigenvalue weighted by molar-refractivity contribution is 0.607. The molecule has 130 valence electrons. The number of rotatable bonds is 4. The lowest BCUT2D eigenvalue weighted by Gasteiger charge is -2.28. The molecule has 0 saturated heterocycles. The monoisotopic (exact) mass is 377 g/mol. The Morgan fingerprint density at radius 1 is 1.44 bits per heavy atom. The van der Waals surface area contributed by atoms with Gasteiger partial charge in [-0.3, -0.25) is 4.79 Å². The van der Waals surface area contributed by atoms with Gasteiger partial charge in [0.25, 0.3) is 5.56 Å². The van der Waals surface area contributed by atoms with Crippen molar-refractivity contribution >= 4 is 28.6 Å². The van der Waals surface area contributed by atoms with Crippen LogP contribution in [0, 0.1) is 0 Å². The fourth-order valence-electron chi connectivity index (χ4n) is 3.04. The molecule has 3 aromatic heterocycles. The number of aromatic amines is 1. The number of anilines is 1. The molecule has 0 aliphatic carbocycles. The summed E-state index contributed by atoms with van der Waals surface area (Å²) in [5.41, 5.74) is 5.27. The van der Waals surface area contributed by atoms with Gasteiger partial charge in [-0.05, 0) is 6.42 Å². The van der Waals surface area contributed by atoms with Gasteiger partial charge in [0, 0.05) is 17.8 Å². The smallest absolute Gasteiger partial charge is 0.285 e. The maximum absolute atomic E-state index is 11.7. The molecule has 0 fully saturated rings. The fourth-order valence-corrected chi connectivity index (χ4v) is 4.09. The molecule has 1 aliphatic rings. The molecule has 0 saturated carbocycles. The van der Waals surface area contributed by atoms with Crippen LogP contribution in [-0.2, 0) is 25.9 Å². The van der Waals surface area contributed by atoms with E-state index in [2.05, 4.69) is 32.4 Å². The summed E-state index contributed by atoms with van der Waals surface area (Å²) in [6.45, 7) is 4.09. The quantitative estimate of drug-likeness (QED) is 0.743. The van der Waals surface area contributed by atoms with Gasteiger partial charge in [-0.15, -0.1) is 16.4 Å². The zero-order chi connectivity index (χ0) is 17.4. The Balaban J connectivity index is 1.58. The summed E-state index contributed by atoms with van der Waals surface area (Å²) in [4.78, 5) is 19.3. The summed E-state index contributed by atoms with van der Waals surface area (Å²) < 4.78 is 1.96. The highest BCUT2D eigenvalue weighted by atomic mass is 35.5. The third-order valence-electron chi connectivity index (χ3n) is 4.35. The van der Waals surface area contributed by atoms with Crippen LogP contribution in [0.4, 0.5) is 5.69 Å². The Labute approximate surface area is 152 Å². The molecule has 0 amide bonds. The van der Waals surface area contributed by atoms with Gasteiger partial charge < -0.3 is 4.90 Å². The highest BCUT2D eigenvalue weighted by molar-refractivity contribution is 7.09. The minimum Gasteiger partial charge on any atom is -0.362 e. The van der Waals surface area contributed by atoms with Crippen molar-refractivity contribution in [3.05, 3.63) is 49.0 Å². The highest BCUT2D eigenvalue weighted by Crippen LogP contribution is 2.27. The SMILES string of the molecule is CCc1ncsc1Cn1nnc2c1CCN(c1cn[nH]c(=O)c1Cl)C2. The molecule has 0 atom stereocenters. The van der Waals surface area contributed by atoms with Gasteiger partial charge in [-0.1, -0.05) is 23.7 Å². The van der Waals surface area contributed by atoms with Crippen LogP contribution in [0.1, 0.15) is 28.9 Å². The van der Waals surface area contributed by atoms with E-state index in [1.165, 1.54) is 4.88 Å². The second kappa shape index (κ2) is 6.57. The van der Waals surface area contributed by atoms with E-state index in [1.807, 2.05) is 15.1 Å². The van der Waals surface area contributed by atoms with Crippen LogP contribution in [0.2, 0.25) is 5.02 Å². The number of fused-ring (bicyclic) bond motifs is 1. The van der Waals surface area contributed by atoms with E-state index >= 15 is 0 Å². The molecule has 8 nitrogen and oxygen atoms in total. The van der Waals surface area contributed by atoms with Crippen molar-refractivity contribution in [3.8, 4) is 0 Å². The molecule has 0 radical (unpaired) electrons. The van der Waals surface area contributed by atoms with E-state index in [1.54, 1.807) is 17.5 Å². The van der Waals surface area contributed by atoms with Crippen LogP contribution in [0.15, 0.2) is 16.5 Å². The Hall–Kier alpha value is -2.26. The average molecular weight is 378 g/mol. The molecular formula is C15H16ClN7OS. The van der Waals surface area contributed by atoms with Gasteiger partial charge >= 0.3 is 0 Å². The standard InChI is InChI=1S/C15H16ClN7OS/c1-2-9-13(25-8-17-9)7-23-11-3-4-22(6-10(11)19-21-23)12-5-18-20-15(24)14(12)16/h5,8H,2-4,6-7H2,1H3,(H,20,24). The molecule has 0 aromatic carbocycles. The second-order valence-electron chi connectivity index (χ2n) is 5.79. The van der Waals surface area contributed by atoms with Crippen LogP contribution in [0.5, 0.6) is 0 Å². The maximum atomic E-state index is 11.7. The lowest BCUT2D eigenvalue weighted by Crippen LogP contribution is -2.32. The van der Waals surface area contributed by atoms with Crippen molar-refractivity contribution in [1.82, 2.24) is 30.2 Å². The average Bonchev–Trinajstić information content (AvgIpc) is 3.24. The molecule has 1 N–H and O–H groups in total. The predicted molar refractivity (Wildman–Crippen MR) is 95.2 cm³/mol. The van der Waals surface area contributed by atoms with Crippen molar-refractivity contribution in [3.63, 3.8) is 0 Å². The molecule has 0 unspecified atom stereocenters. The van der Waals surface area contributed by atoms with Crippen LogP contribution >= 0.6 is 22.9 Å². The van der Waals surface area contributed by atoms with Crippen molar-refractivity contribution in [2.45, 2.75) is 32.9 Å². The first kappa shape index (κ1) is 16.2. The van der Waals surface area contributed by atoms with Gasteiger partial charge in [0.1, 0.15) is 10.7 Å². The first-order valence-corrected chi connectivity index (χ1v) is 9.23. The van der Waals surface area contributed by atoms with Crippen LogP contribution in [-0.4, -0.2) is 36.7 Å². The van der Waals surface area contributed by atoms with Gasteiger partial charge in [-0.2, -0.15) is 5.10 Å². The second-order valence-corrected chi connectivity index (χ2v) is 7.10. The number of halogens is 1. The van der Waals surface area contributed by atoms with Crippen molar-refractivity contribution in [2.24, 2.45) is 0 Å². The Bertz CT molecular complexity index is 963.